The monoisotopic (exact) mass is 138 g/mol. The van der Waals surface area contributed by atoms with E-state index in [4.69, 9.17) is 0 Å². The molecule has 1 heteroatoms. The van der Waals surface area contributed by atoms with E-state index in [0.717, 1.165) is 5.25 Å². The lowest BCUT2D eigenvalue weighted by Crippen LogP contribution is -2.06. The summed E-state index contributed by atoms with van der Waals surface area (Å²) in [6.07, 6.45) is 6.89. The largest absolute Gasteiger partial charge is 0.140 e. The molecular formula is C8H10S. The molecule has 2 unspecified atom stereocenters. The molecule has 2 rings (SSSR count). The van der Waals surface area contributed by atoms with Crippen LogP contribution in [0, 0.1) is 0 Å². The molecule has 0 N–H and O–H groups in total. The van der Waals surface area contributed by atoms with E-state index < -0.39 is 0 Å². The average Bonchev–Trinajstić information content (AvgIpc) is 2.41. The van der Waals surface area contributed by atoms with Gasteiger partial charge in [-0.05, 0) is 13.8 Å². The van der Waals surface area contributed by atoms with Crippen LogP contribution in [-0.4, -0.2) is 10.00 Å². The lowest BCUT2D eigenvalue weighted by Gasteiger charge is -2.04. The normalized spacial score (nSPS) is 46.0. The highest BCUT2D eigenvalue weighted by atomic mass is 32.2. The first kappa shape index (κ1) is 5.60. The van der Waals surface area contributed by atoms with Gasteiger partial charge in [-0.3, -0.25) is 0 Å². The number of rotatable bonds is 0. The molecule has 0 nitrogen and oxygen atoms in total. The first-order valence-corrected chi connectivity index (χ1v) is 4.14. The highest BCUT2D eigenvalue weighted by Crippen LogP contribution is 2.57. The van der Waals surface area contributed by atoms with Gasteiger partial charge >= 0.3 is 0 Å². The Balaban J connectivity index is 2.31. The van der Waals surface area contributed by atoms with Gasteiger partial charge in [-0.1, -0.05) is 23.8 Å². The van der Waals surface area contributed by atoms with Crippen LogP contribution in [0.15, 0.2) is 23.8 Å². The van der Waals surface area contributed by atoms with Crippen molar-refractivity contribution in [2.75, 3.05) is 0 Å². The van der Waals surface area contributed by atoms with E-state index >= 15 is 0 Å². The lowest BCUT2D eigenvalue weighted by molar-refractivity contribution is 0.912. The van der Waals surface area contributed by atoms with Crippen molar-refractivity contribution in [3.05, 3.63) is 23.8 Å². The molecule has 9 heavy (non-hydrogen) atoms. The molecule has 0 bridgehead atoms. The molecule has 0 aromatic carbocycles. The molecule has 48 valence electrons. The van der Waals surface area contributed by atoms with Crippen LogP contribution in [-0.2, 0) is 0 Å². The Kier molecular flexibility index (Phi) is 0.907. The molecular weight excluding hydrogens is 128 g/mol. The lowest BCUT2D eigenvalue weighted by atomic mass is 10.00. The first-order valence-electron chi connectivity index (χ1n) is 3.26. The fourth-order valence-corrected chi connectivity index (χ4v) is 2.22. The summed E-state index contributed by atoms with van der Waals surface area (Å²) in [6, 6.07) is 0. The van der Waals surface area contributed by atoms with Gasteiger partial charge in [0, 0.05) is 10.00 Å². The summed E-state index contributed by atoms with van der Waals surface area (Å²) in [7, 11) is 0. The van der Waals surface area contributed by atoms with Gasteiger partial charge < -0.3 is 0 Å². The zero-order valence-electron chi connectivity index (χ0n) is 5.72. The zero-order chi connectivity index (χ0) is 6.48. The van der Waals surface area contributed by atoms with Crippen LogP contribution in [0.3, 0.4) is 0 Å². The Bertz CT molecular complexity index is 203. The Morgan fingerprint density at radius 3 is 3.00 bits per heavy atom. The van der Waals surface area contributed by atoms with Crippen molar-refractivity contribution in [2.24, 2.45) is 0 Å². The van der Waals surface area contributed by atoms with Gasteiger partial charge in [0.2, 0.25) is 0 Å². The van der Waals surface area contributed by atoms with Gasteiger partial charge in [0.1, 0.15) is 0 Å². The molecule has 2 atom stereocenters. The number of hydrogen-bond acceptors (Lipinski definition) is 1. The second kappa shape index (κ2) is 1.46. The Morgan fingerprint density at radius 2 is 2.44 bits per heavy atom. The second-order valence-corrected chi connectivity index (χ2v) is 4.59. The van der Waals surface area contributed by atoms with E-state index in [9.17, 15) is 0 Å². The molecule has 1 aliphatic carbocycles. The van der Waals surface area contributed by atoms with Crippen molar-refractivity contribution < 1.29 is 0 Å². The molecule has 0 aromatic heterocycles. The van der Waals surface area contributed by atoms with Gasteiger partial charge in [-0.25, -0.2) is 0 Å². The third-order valence-electron chi connectivity index (χ3n) is 1.98. The van der Waals surface area contributed by atoms with Gasteiger partial charge in [0.05, 0.1) is 0 Å². The van der Waals surface area contributed by atoms with Crippen molar-refractivity contribution in [3.8, 4) is 0 Å². The van der Waals surface area contributed by atoms with Crippen molar-refractivity contribution in [3.63, 3.8) is 0 Å². The van der Waals surface area contributed by atoms with Crippen LogP contribution >= 0.6 is 11.8 Å². The number of thioether (sulfide) groups is 1. The fraction of sp³-hybridized carbons (Fsp3) is 0.500. The minimum absolute atomic E-state index is 0.486. The van der Waals surface area contributed by atoms with Crippen molar-refractivity contribution in [1.29, 1.82) is 0 Å². The highest BCUT2D eigenvalue weighted by molar-refractivity contribution is 8.09. The summed E-state index contributed by atoms with van der Waals surface area (Å²) in [5, 5.41) is 0.794. The second-order valence-electron chi connectivity index (χ2n) is 2.97. The minimum atomic E-state index is 0.486. The van der Waals surface area contributed by atoms with Crippen molar-refractivity contribution >= 4 is 11.8 Å². The highest BCUT2D eigenvalue weighted by Gasteiger charge is 2.48. The van der Waals surface area contributed by atoms with Crippen LogP contribution in [0.4, 0.5) is 0 Å². The summed E-state index contributed by atoms with van der Waals surface area (Å²) in [4.78, 5) is 0. The third-order valence-corrected chi connectivity index (χ3v) is 3.50. The Hall–Kier alpha value is -0.170. The maximum absolute atomic E-state index is 2.35. The predicted molar refractivity (Wildman–Crippen MR) is 42.7 cm³/mol. The molecule has 0 radical (unpaired) electrons. The molecule has 1 fully saturated rings. The fourth-order valence-electron chi connectivity index (χ4n) is 1.16. The summed E-state index contributed by atoms with van der Waals surface area (Å²) >= 11 is 2.04. The predicted octanol–water partition coefficient (Wildman–Crippen LogP) is 2.38. The van der Waals surface area contributed by atoms with Gasteiger partial charge in [-0.15, -0.1) is 11.8 Å². The Labute approximate surface area is 60.0 Å². The maximum atomic E-state index is 2.35. The zero-order valence-corrected chi connectivity index (χ0v) is 6.53. The molecule has 2 aliphatic rings. The van der Waals surface area contributed by atoms with Crippen molar-refractivity contribution in [2.45, 2.75) is 23.8 Å². The van der Waals surface area contributed by atoms with E-state index in [2.05, 4.69) is 32.1 Å². The van der Waals surface area contributed by atoms with Crippen molar-refractivity contribution in [1.82, 2.24) is 0 Å². The SMILES string of the molecule is CC1=CC2SC2(C)C=C1. The molecule has 0 aromatic rings. The van der Waals surface area contributed by atoms with E-state index in [-0.39, 0.29) is 0 Å². The summed E-state index contributed by atoms with van der Waals surface area (Å²) in [5.41, 5.74) is 1.42. The van der Waals surface area contributed by atoms with E-state index in [1.807, 2.05) is 11.8 Å². The van der Waals surface area contributed by atoms with Gasteiger partial charge in [0.15, 0.2) is 0 Å². The average molecular weight is 138 g/mol. The van der Waals surface area contributed by atoms with Crippen LogP contribution in [0.1, 0.15) is 13.8 Å². The standard InChI is InChI=1S/C8H10S/c1-6-3-4-8(2)7(5-6)9-8/h3-5,7H,1-2H3. The summed E-state index contributed by atoms with van der Waals surface area (Å²) in [6.45, 7) is 4.46. The minimum Gasteiger partial charge on any atom is -0.140 e. The molecule has 1 saturated heterocycles. The summed E-state index contributed by atoms with van der Waals surface area (Å²) < 4.78 is 0.486. The smallest absolute Gasteiger partial charge is 0.0474 e. The van der Waals surface area contributed by atoms with Crippen LogP contribution < -0.4 is 0 Å². The number of hydrogen-bond donors (Lipinski definition) is 0. The van der Waals surface area contributed by atoms with Gasteiger partial charge in [-0.2, -0.15) is 0 Å². The number of allylic oxidation sites excluding steroid dienone is 2. The first-order chi connectivity index (χ1) is 4.21. The van der Waals surface area contributed by atoms with Crippen LogP contribution in [0.25, 0.3) is 0 Å². The third kappa shape index (κ3) is 0.751. The molecule has 0 spiro atoms. The van der Waals surface area contributed by atoms with E-state index in [1.54, 1.807) is 0 Å². The maximum Gasteiger partial charge on any atom is 0.0474 e. The van der Waals surface area contributed by atoms with Gasteiger partial charge in [0.25, 0.3) is 0 Å². The topological polar surface area (TPSA) is 0 Å². The van der Waals surface area contributed by atoms with Crippen LogP contribution in [0.2, 0.25) is 0 Å². The number of fused-ring (bicyclic) bond motifs is 1. The van der Waals surface area contributed by atoms with E-state index in [0.29, 0.717) is 4.75 Å². The molecule has 0 amide bonds. The Morgan fingerprint density at radius 1 is 1.67 bits per heavy atom. The molecule has 1 heterocycles. The summed E-state index contributed by atoms with van der Waals surface area (Å²) in [5.74, 6) is 0. The molecule has 1 aliphatic heterocycles. The quantitative estimate of drug-likeness (QED) is 0.463. The van der Waals surface area contributed by atoms with Crippen LogP contribution in [0.5, 0.6) is 0 Å². The van der Waals surface area contributed by atoms with E-state index in [1.165, 1.54) is 5.57 Å². The molecule has 0 saturated carbocycles.